The smallest absolute Gasteiger partial charge is 0.221 e. The van der Waals surface area contributed by atoms with Crippen LogP contribution in [0.15, 0.2) is 42.5 Å². The van der Waals surface area contributed by atoms with Gasteiger partial charge < -0.3 is 10.6 Å². The first-order chi connectivity index (χ1) is 10.5. The normalized spacial score (nSPS) is 11.9. The summed E-state index contributed by atoms with van der Waals surface area (Å²) in [4.78, 5) is 22.5. The van der Waals surface area contributed by atoms with E-state index in [9.17, 15) is 9.59 Å². The number of carbonyl (C=O) groups excluding carboxylic acids is 2. The van der Waals surface area contributed by atoms with Crippen molar-refractivity contribution in [2.24, 2.45) is 0 Å². The Hall–Kier alpha value is -2.36. The van der Waals surface area contributed by atoms with Crippen molar-refractivity contribution in [3.63, 3.8) is 0 Å². The first-order valence-electron chi connectivity index (χ1n) is 7.56. The maximum absolute atomic E-state index is 11.8. The van der Waals surface area contributed by atoms with E-state index in [0.717, 1.165) is 6.42 Å². The summed E-state index contributed by atoms with van der Waals surface area (Å²) in [6.45, 7) is 3.82. The highest BCUT2D eigenvalue weighted by Gasteiger charge is 2.08. The fraction of sp³-hybridized carbons (Fsp3) is 0.333. The molecule has 0 saturated heterocycles. The molecule has 0 radical (unpaired) electrons. The number of hydrogen-bond donors (Lipinski definition) is 2. The van der Waals surface area contributed by atoms with Gasteiger partial charge in [0.25, 0.3) is 0 Å². The van der Waals surface area contributed by atoms with Crippen molar-refractivity contribution >= 4 is 22.6 Å². The van der Waals surface area contributed by atoms with E-state index >= 15 is 0 Å². The molecule has 4 heteroatoms. The number of benzene rings is 2. The molecule has 0 bridgehead atoms. The molecule has 0 unspecified atom stereocenters. The predicted molar refractivity (Wildman–Crippen MR) is 88.6 cm³/mol. The molecule has 2 N–H and O–H groups in total. The molecule has 0 aromatic heterocycles. The lowest BCUT2D eigenvalue weighted by Gasteiger charge is -2.14. The largest absolute Gasteiger partial charge is 0.356 e. The van der Waals surface area contributed by atoms with E-state index in [1.165, 1.54) is 23.3 Å². The summed E-state index contributed by atoms with van der Waals surface area (Å²) in [5.74, 6) is -0.154. The quantitative estimate of drug-likeness (QED) is 0.860. The Morgan fingerprint density at radius 1 is 1.09 bits per heavy atom. The summed E-state index contributed by atoms with van der Waals surface area (Å²) in [5.41, 5.74) is 1.20. The minimum absolute atomic E-state index is 0.0398. The van der Waals surface area contributed by atoms with Gasteiger partial charge >= 0.3 is 0 Å². The van der Waals surface area contributed by atoms with Gasteiger partial charge in [-0.3, -0.25) is 9.59 Å². The summed E-state index contributed by atoms with van der Waals surface area (Å²) < 4.78 is 0. The summed E-state index contributed by atoms with van der Waals surface area (Å²) in [6, 6.07) is 14.7. The number of rotatable bonds is 6. The van der Waals surface area contributed by atoms with E-state index in [1.807, 2.05) is 19.1 Å². The Morgan fingerprint density at radius 2 is 1.82 bits per heavy atom. The van der Waals surface area contributed by atoms with E-state index in [4.69, 9.17) is 0 Å². The summed E-state index contributed by atoms with van der Waals surface area (Å²) in [7, 11) is 0. The van der Waals surface area contributed by atoms with Gasteiger partial charge in [-0.25, -0.2) is 0 Å². The standard InChI is InChI=1S/C18H22N2O2/c1-13(20-18(22)9-10-19-14(2)21)11-15-7-8-16-5-3-4-6-17(16)12-15/h3-8,12-13H,9-11H2,1-2H3,(H,19,21)(H,20,22)/t13-/m0/s1. The van der Waals surface area contributed by atoms with Crippen LogP contribution in [0.4, 0.5) is 0 Å². The van der Waals surface area contributed by atoms with Crippen molar-refractivity contribution in [1.29, 1.82) is 0 Å². The fourth-order valence-corrected chi connectivity index (χ4v) is 2.47. The van der Waals surface area contributed by atoms with Gasteiger partial charge in [-0.15, -0.1) is 0 Å². The maximum Gasteiger partial charge on any atom is 0.221 e. The molecule has 0 spiro atoms. The molecule has 2 amide bonds. The topological polar surface area (TPSA) is 58.2 Å². The van der Waals surface area contributed by atoms with Gasteiger partial charge in [-0.1, -0.05) is 42.5 Å². The van der Waals surface area contributed by atoms with Gasteiger partial charge in [0, 0.05) is 25.9 Å². The van der Waals surface area contributed by atoms with Crippen molar-refractivity contribution < 1.29 is 9.59 Å². The van der Waals surface area contributed by atoms with Crippen molar-refractivity contribution in [2.75, 3.05) is 6.54 Å². The fourth-order valence-electron chi connectivity index (χ4n) is 2.47. The molecule has 0 heterocycles. The van der Waals surface area contributed by atoms with E-state index in [0.29, 0.717) is 13.0 Å². The summed E-state index contributed by atoms with van der Waals surface area (Å²) in [5, 5.41) is 8.01. The van der Waals surface area contributed by atoms with Crippen molar-refractivity contribution in [2.45, 2.75) is 32.7 Å². The molecule has 0 aliphatic heterocycles. The molecular formula is C18H22N2O2. The van der Waals surface area contributed by atoms with Gasteiger partial charge in [-0.05, 0) is 29.7 Å². The van der Waals surface area contributed by atoms with Gasteiger partial charge in [0.2, 0.25) is 11.8 Å². The molecule has 0 fully saturated rings. The number of carbonyl (C=O) groups is 2. The van der Waals surface area contributed by atoms with E-state index in [2.05, 4.69) is 41.0 Å². The number of amides is 2. The number of fused-ring (bicyclic) bond motifs is 1. The number of nitrogens with one attached hydrogen (secondary N) is 2. The molecule has 22 heavy (non-hydrogen) atoms. The lowest BCUT2D eigenvalue weighted by molar-refractivity contribution is -0.122. The SMILES string of the molecule is CC(=O)NCCC(=O)N[C@@H](C)Cc1ccc2ccccc2c1. The summed E-state index contributed by atoms with van der Waals surface area (Å²) >= 11 is 0. The number of hydrogen-bond acceptors (Lipinski definition) is 2. The second-order valence-corrected chi connectivity index (χ2v) is 5.59. The highest BCUT2D eigenvalue weighted by atomic mass is 16.2. The molecule has 4 nitrogen and oxygen atoms in total. The Balaban J connectivity index is 1.86. The minimum atomic E-state index is -0.114. The molecule has 2 aromatic rings. The molecule has 116 valence electrons. The molecule has 0 aliphatic rings. The van der Waals surface area contributed by atoms with Crippen LogP contribution in [-0.4, -0.2) is 24.4 Å². The zero-order chi connectivity index (χ0) is 15.9. The van der Waals surface area contributed by atoms with Gasteiger partial charge in [0.15, 0.2) is 0 Å². The van der Waals surface area contributed by atoms with Crippen molar-refractivity contribution in [3.8, 4) is 0 Å². The molecular weight excluding hydrogens is 276 g/mol. The Morgan fingerprint density at radius 3 is 2.55 bits per heavy atom. The highest BCUT2D eigenvalue weighted by Crippen LogP contribution is 2.16. The van der Waals surface area contributed by atoms with Crippen molar-refractivity contribution in [3.05, 3.63) is 48.0 Å². The predicted octanol–water partition coefficient (Wildman–Crippen LogP) is 2.41. The minimum Gasteiger partial charge on any atom is -0.356 e. The zero-order valence-corrected chi connectivity index (χ0v) is 13.1. The molecule has 0 aliphatic carbocycles. The third kappa shape index (κ3) is 4.88. The van der Waals surface area contributed by atoms with Crippen LogP contribution in [0.2, 0.25) is 0 Å². The molecule has 1 atom stereocenters. The van der Waals surface area contributed by atoms with Gasteiger partial charge in [0.05, 0.1) is 0 Å². The van der Waals surface area contributed by atoms with Crippen LogP contribution in [0.1, 0.15) is 25.8 Å². The van der Waals surface area contributed by atoms with E-state index in [1.54, 1.807) is 0 Å². The van der Waals surface area contributed by atoms with Crippen LogP contribution in [0.25, 0.3) is 10.8 Å². The Labute approximate surface area is 130 Å². The van der Waals surface area contributed by atoms with Crippen molar-refractivity contribution in [1.82, 2.24) is 10.6 Å². The second kappa shape index (κ2) is 7.59. The van der Waals surface area contributed by atoms with Crippen LogP contribution in [-0.2, 0) is 16.0 Å². The lowest BCUT2D eigenvalue weighted by Crippen LogP contribution is -2.36. The first-order valence-corrected chi connectivity index (χ1v) is 7.56. The third-order valence-electron chi connectivity index (χ3n) is 3.49. The van der Waals surface area contributed by atoms with Crippen LogP contribution in [0.3, 0.4) is 0 Å². The Kier molecular flexibility index (Phi) is 5.53. The second-order valence-electron chi connectivity index (χ2n) is 5.59. The third-order valence-corrected chi connectivity index (χ3v) is 3.49. The van der Waals surface area contributed by atoms with Crippen LogP contribution in [0.5, 0.6) is 0 Å². The van der Waals surface area contributed by atoms with Crippen LogP contribution in [0, 0.1) is 0 Å². The molecule has 0 saturated carbocycles. The molecule has 2 aromatic carbocycles. The average molecular weight is 298 g/mol. The van der Waals surface area contributed by atoms with Gasteiger partial charge in [0.1, 0.15) is 0 Å². The Bertz CT molecular complexity index is 667. The maximum atomic E-state index is 11.8. The lowest BCUT2D eigenvalue weighted by atomic mass is 10.0. The average Bonchev–Trinajstić information content (AvgIpc) is 2.46. The summed E-state index contributed by atoms with van der Waals surface area (Å²) in [6.07, 6.45) is 1.10. The van der Waals surface area contributed by atoms with Crippen LogP contribution < -0.4 is 10.6 Å². The van der Waals surface area contributed by atoms with Crippen LogP contribution >= 0.6 is 0 Å². The highest BCUT2D eigenvalue weighted by molar-refractivity contribution is 5.83. The zero-order valence-electron chi connectivity index (χ0n) is 13.1. The van der Waals surface area contributed by atoms with Gasteiger partial charge in [-0.2, -0.15) is 0 Å². The molecule has 2 rings (SSSR count). The first kappa shape index (κ1) is 16.0. The van der Waals surface area contributed by atoms with E-state index < -0.39 is 0 Å². The monoisotopic (exact) mass is 298 g/mol. The van der Waals surface area contributed by atoms with E-state index in [-0.39, 0.29) is 17.9 Å².